The van der Waals surface area contributed by atoms with Crippen LogP contribution in [0.1, 0.15) is 35.8 Å². The van der Waals surface area contributed by atoms with Crippen molar-refractivity contribution < 1.29 is 9.94 Å². The Morgan fingerprint density at radius 3 is 3.05 bits per heavy atom. The number of fused-ring (bicyclic) bond motifs is 1. The van der Waals surface area contributed by atoms with Gasteiger partial charge >= 0.3 is 6.01 Å². The van der Waals surface area contributed by atoms with Crippen molar-refractivity contribution in [2.75, 3.05) is 0 Å². The second kappa shape index (κ2) is 5.78. The number of rotatable bonds is 3. The number of aryl methyl sites for hydroxylation is 1. The van der Waals surface area contributed by atoms with E-state index in [2.05, 4.69) is 27.3 Å². The molecule has 6 nitrogen and oxygen atoms in total. The minimum absolute atomic E-state index is 0.0579. The number of ether oxygens (including phenoxy) is 1. The predicted octanol–water partition coefficient (Wildman–Crippen LogP) is 2.03. The van der Waals surface area contributed by atoms with Crippen LogP contribution in [-0.2, 0) is 6.42 Å². The molecule has 6 heteroatoms. The van der Waals surface area contributed by atoms with Crippen molar-refractivity contribution >= 4 is 5.84 Å². The minimum atomic E-state index is -0.0636. The largest absolute Gasteiger partial charge is 0.455 e. The fourth-order valence-electron chi connectivity index (χ4n) is 2.55. The Labute approximate surface area is 122 Å². The molecule has 1 unspecified atom stereocenters. The Kier molecular flexibility index (Phi) is 3.68. The maximum Gasteiger partial charge on any atom is 0.317 e. The zero-order valence-electron chi connectivity index (χ0n) is 11.4. The van der Waals surface area contributed by atoms with Gasteiger partial charge < -0.3 is 15.7 Å². The van der Waals surface area contributed by atoms with E-state index in [1.807, 2.05) is 12.1 Å². The lowest BCUT2D eigenvalue weighted by molar-refractivity contribution is 0.167. The van der Waals surface area contributed by atoms with Gasteiger partial charge in [-0.1, -0.05) is 29.4 Å². The molecular weight excluding hydrogens is 268 g/mol. The van der Waals surface area contributed by atoms with Crippen LogP contribution < -0.4 is 10.5 Å². The fourth-order valence-corrected chi connectivity index (χ4v) is 2.55. The molecular formula is C15H16N4O2. The van der Waals surface area contributed by atoms with Crippen molar-refractivity contribution in [1.82, 2.24) is 9.97 Å². The first kappa shape index (κ1) is 13.4. The van der Waals surface area contributed by atoms with Gasteiger partial charge in [0.15, 0.2) is 5.84 Å². The quantitative estimate of drug-likeness (QED) is 0.389. The molecule has 0 fully saturated rings. The van der Waals surface area contributed by atoms with Gasteiger partial charge in [0.1, 0.15) is 11.8 Å². The number of hydrogen-bond donors (Lipinski definition) is 2. The van der Waals surface area contributed by atoms with Gasteiger partial charge in [-0.25, -0.2) is 4.98 Å². The smallest absolute Gasteiger partial charge is 0.317 e. The summed E-state index contributed by atoms with van der Waals surface area (Å²) in [5, 5.41) is 11.6. The van der Waals surface area contributed by atoms with Crippen LogP contribution in [0.5, 0.6) is 6.01 Å². The summed E-state index contributed by atoms with van der Waals surface area (Å²) in [7, 11) is 0. The van der Waals surface area contributed by atoms with Crippen molar-refractivity contribution in [1.29, 1.82) is 0 Å². The summed E-state index contributed by atoms with van der Waals surface area (Å²) in [5.74, 6) is -0.0636. The number of nitrogens with zero attached hydrogens (tertiary/aromatic N) is 3. The third-order valence-corrected chi connectivity index (χ3v) is 3.57. The summed E-state index contributed by atoms with van der Waals surface area (Å²) in [6.45, 7) is 0. The zero-order chi connectivity index (χ0) is 14.7. The van der Waals surface area contributed by atoms with Crippen LogP contribution >= 0.6 is 0 Å². The van der Waals surface area contributed by atoms with E-state index in [9.17, 15) is 0 Å². The summed E-state index contributed by atoms with van der Waals surface area (Å²) in [4.78, 5) is 8.26. The summed E-state index contributed by atoms with van der Waals surface area (Å²) >= 11 is 0. The Hall–Kier alpha value is -2.63. The van der Waals surface area contributed by atoms with Crippen LogP contribution in [0, 0.1) is 0 Å². The molecule has 2 aromatic rings. The Morgan fingerprint density at radius 2 is 2.19 bits per heavy atom. The molecule has 0 saturated carbocycles. The van der Waals surface area contributed by atoms with Gasteiger partial charge in [-0.15, -0.1) is 0 Å². The first-order valence-corrected chi connectivity index (χ1v) is 6.83. The van der Waals surface area contributed by atoms with E-state index in [1.54, 1.807) is 6.07 Å². The molecule has 0 spiro atoms. The lowest BCUT2D eigenvalue weighted by Gasteiger charge is -2.25. The van der Waals surface area contributed by atoms with Crippen molar-refractivity contribution in [2.45, 2.75) is 25.4 Å². The van der Waals surface area contributed by atoms with Gasteiger partial charge in [-0.05, 0) is 36.5 Å². The number of amidine groups is 1. The first-order valence-electron chi connectivity index (χ1n) is 6.83. The minimum Gasteiger partial charge on any atom is -0.455 e. The number of benzene rings is 1. The van der Waals surface area contributed by atoms with Crippen molar-refractivity contribution in [3.05, 3.63) is 53.3 Å². The molecule has 0 saturated heterocycles. The molecule has 0 bridgehead atoms. The number of oxime groups is 1. The highest BCUT2D eigenvalue weighted by Crippen LogP contribution is 2.32. The summed E-state index contributed by atoms with van der Waals surface area (Å²) in [6.07, 6.45) is 4.54. The topological polar surface area (TPSA) is 93.6 Å². The maximum atomic E-state index is 8.69. The van der Waals surface area contributed by atoms with Crippen molar-refractivity contribution in [3.63, 3.8) is 0 Å². The summed E-state index contributed by atoms with van der Waals surface area (Å²) < 4.78 is 5.90. The van der Waals surface area contributed by atoms with E-state index in [4.69, 9.17) is 15.7 Å². The molecule has 0 aliphatic heterocycles. The van der Waals surface area contributed by atoms with E-state index in [1.165, 1.54) is 17.3 Å². The zero-order valence-corrected chi connectivity index (χ0v) is 11.4. The maximum absolute atomic E-state index is 8.69. The van der Waals surface area contributed by atoms with Crippen LogP contribution in [0.15, 0.2) is 41.7 Å². The molecule has 1 aliphatic carbocycles. The third kappa shape index (κ3) is 2.79. The predicted molar refractivity (Wildman–Crippen MR) is 77.3 cm³/mol. The molecule has 0 amide bonds. The monoisotopic (exact) mass is 284 g/mol. The highest BCUT2D eigenvalue weighted by molar-refractivity contribution is 5.95. The van der Waals surface area contributed by atoms with Gasteiger partial charge in [-0.2, -0.15) is 4.98 Å². The van der Waals surface area contributed by atoms with E-state index in [0.29, 0.717) is 5.69 Å². The highest BCUT2D eigenvalue weighted by atomic mass is 16.5. The fraction of sp³-hybridized carbons (Fsp3) is 0.267. The second-order valence-electron chi connectivity index (χ2n) is 4.91. The van der Waals surface area contributed by atoms with Gasteiger partial charge in [0.2, 0.25) is 0 Å². The Balaban J connectivity index is 1.85. The molecule has 0 radical (unpaired) electrons. The third-order valence-electron chi connectivity index (χ3n) is 3.57. The van der Waals surface area contributed by atoms with Gasteiger partial charge in [0.25, 0.3) is 0 Å². The van der Waals surface area contributed by atoms with Crippen LogP contribution in [0.3, 0.4) is 0 Å². The molecule has 1 aromatic heterocycles. The standard InChI is InChI=1S/C15H16N4O2/c16-14(19-20)12-8-9-17-15(18-12)21-13-7-3-5-10-4-1-2-6-11(10)13/h1-2,4,6,8-9,13,20H,3,5,7H2,(H2,16,19). The average Bonchev–Trinajstić information content (AvgIpc) is 2.55. The number of aromatic nitrogens is 2. The highest BCUT2D eigenvalue weighted by Gasteiger charge is 2.22. The first-order chi connectivity index (χ1) is 10.3. The van der Waals surface area contributed by atoms with E-state index in [0.717, 1.165) is 19.3 Å². The van der Waals surface area contributed by atoms with Crippen LogP contribution in [0.4, 0.5) is 0 Å². The van der Waals surface area contributed by atoms with Crippen LogP contribution in [-0.4, -0.2) is 21.0 Å². The van der Waals surface area contributed by atoms with Crippen molar-refractivity contribution in [2.24, 2.45) is 10.9 Å². The Bertz CT molecular complexity index is 672. The molecule has 108 valence electrons. The van der Waals surface area contributed by atoms with Gasteiger partial charge in [0, 0.05) is 6.20 Å². The average molecular weight is 284 g/mol. The van der Waals surface area contributed by atoms with Crippen molar-refractivity contribution in [3.8, 4) is 6.01 Å². The lowest BCUT2D eigenvalue weighted by Crippen LogP contribution is -2.18. The molecule has 1 atom stereocenters. The molecule has 3 N–H and O–H groups in total. The molecule has 1 aromatic carbocycles. The summed E-state index contributed by atoms with van der Waals surface area (Å²) in [5.41, 5.74) is 8.36. The van der Waals surface area contributed by atoms with Crippen LogP contribution in [0.25, 0.3) is 0 Å². The van der Waals surface area contributed by atoms with Gasteiger partial charge in [-0.3, -0.25) is 0 Å². The number of nitrogens with two attached hydrogens (primary N) is 1. The lowest BCUT2D eigenvalue weighted by atomic mass is 9.89. The molecule has 21 heavy (non-hydrogen) atoms. The van der Waals surface area contributed by atoms with E-state index < -0.39 is 0 Å². The van der Waals surface area contributed by atoms with E-state index in [-0.39, 0.29) is 18.0 Å². The SMILES string of the molecule is N/C(=N/O)c1ccnc(OC2CCCc3ccccc32)n1. The van der Waals surface area contributed by atoms with Crippen LogP contribution in [0.2, 0.25) is 0 Å². The molecule has 3 rings (SSSR count). The second-order valence-corrected chi connectivity index (χ2v) is 4.91. The number of hydrogen-bond acceptors (Lipinski definition) is 5. The van der Waals surface area contributed by atoms with Gasteiger partial charge in [0.05, 0.1) is 0 Å². The molecule has 1 heterocycles. The van der Waals surface area contributed by atoms with E-state index >= 15 is 0 Å². The molecule has 1 aliphatic rings. The summed E-state index contributed by atoms with van der Waals surface area (Å²) in [6, 6.07) is 10.0. The Morgan fingerprint density at radius 1 is 1.33 bits per heavy atom. The normalized spacial score (nSPS) is 18.1.